The van der Waals surface area contributed by atoms with E-state index in [1.807, 2.05) is 0 Å². The Kier molecular flexibility index (Phi) is 4.36. The van der Waals surface area contributed by atoms with Crippen molar-refractivity contribution < 1.29 is 15.0 Å². The molecule has 3 nitrogen and oxygen atoms in total. The van der Waals surface area contributed by atoms with Gasteiger partial charge in [-0.2, -0.15) is 0 Å². The molecule has 0 aromatic heterocycles. The first-order chi connectivity index (χ1) is 7.71. The lowest BCUT2D eigenvalue weighted by Gasteiger charge is -2.39. The minimum Gasteiger partial charge on any atom is -0.478 e. The minimum absolute atomic E-state index is 0.00435. The lowest BCUT2D eigenvalue weighted by Crippen LogP contribution is -2.34. The Balaban J connectivity index is 2.66. The average Bonchev–Trinajstić information content (AvgIpc) is 2.19. The van der Waals surface area contributed by atoms with E-state index in [1.54, 1.807) is 13.0 Å². The number of carboxylic acids is 1. The van der Waals surface area contributed by atoms with Crippen LogP contribution < -0.4 is 0 Å². The summed E-state index contributed by atoms with van der Waals surface area (Å²) in [5, 5.41) is 18.9. The molecule has 3 heteroatoms. The molecular weight excluding hydrogens is 216 g/mol. The van der Waals surface area contributed by atoms with E-state index >= 15 is 0 Å². The van der Waals surface area contributed by atoms with Crippen LogP contribution in [-0.2, 0) is 4.79 Å². The van der Waals surface area contributed by atoms with Crippen LogP contribution >= 0.6 is 0 Å². The second-order valence-electron chi connectivity index (χ2n) is 6.26. The summed E-state index contributed by atoms with van der Waals surface area (Å²) in [7, 11) is 0. The summed E-state index contributed by atoms with van der Waals surface area (Å²) in [4.78, 5) is 10.8. The van der Waals surface area contributed by atoms with Gasteiger partial charge in [-0.15, -0.1) is 0 Å². The normalized spacial score (nSPS) is 31.4. The maximum absolute atomic E-state index is 10.8. The molecule has 1 saturated carbocycles. The van der Waals surface area contributed by atoms with Gasteiger partial charge in [0, 0.05) is 11.5 Å². The molecule has 0 aromatic carbocycles. The SMILES string of the molecule is C/C(=C\C1CCC(C(C)(C)C)CC1O)C(=O)O. The third-order valence-electron chi connectivity index (χ3n) is 3.89. The van der Waals surface area contributed by atoms with Crippen molar-refractivity contribution in [3.63, 3.8) is 0 Å². The first-order valence-electron chi connectivity index (χ1n) is 6.31. The van der Waals surface area contributed by atoms with Gasteiger partial charge in [-0.25, -0.2) is 4.79 Å². The number of carbonyl (C=O) groups is 1. The first kappa shape index (κ1) is 14.2. The monoisotopic (exact) mass is 240 g/mol. The lowest BCUT2D eigenvalue weighted by atomic mass is 9.68. The zero-order valence-electron chi connectivity index (χ0n) is 11.2. The van der Waals surface area contributed by atoms with Gasteiger partial charge in [-0.05, 0) is 37.5 Å². The third kappa shape index (κ3) is 3.84. The van der Waals surface area contributed by atoms with Crippen molar-refractivity contribution >= 4 is 5.97 Å². The highest BCUT2D eigenvalue weighted by molar-refractivity contribution is 5.85. The Bertz CT molecular complexity index is 312. The molecule has 0 aliphatic heterocycles. The number of rotatable bonds is 2. The second kappa shape index (κ2) is 5.21. The Morgan fingerprint density at radius 1 is 1.29 bits per heavy atom. The standard InChI is InChI=1S/C14H24O3/c1-9(13(16)17)7-10-5-6-11(8-12(10)15)14(2,3)4/h7,10-12,15H,5-6,8H2,1-4H3,(H,16,17)/b9-7+. The van der Waals surface area contributed by atoms with E-state index in [0.717, 1.165) is 19.3 Å². The summed E-state index contributed by atoms with van der Waals surface area (Å²) < 4.78 is 0. The van der Waals surface area contributed by atoms with E-state index < -0.39 is 12.1 Å². The molecule has 0 spiro atoms. The topological polar surface area (TPSA) is 57.5 Å². The lowest BCUT2D eigenvalue weighted by molar-refractivity contribution is -0.132. The van der Waals surface area contributed by atoms with E-state index in [-0.39, 0.29) is 11.3 Å². The van der Waals surface area contributed by atoms with Gasteiger partial charge in [-0.3, -0.25) is 0 Å². The Hall–Kier alpha value is -0.830. The number of hydrogen-bond donors (Lipinski definition) is 2. The highest BCUT2D eigenvalue weighted by atomic mass is 16.4. The van der Waals surface area contributed by atoms with Gasteiger partial charge in [0.05, 0.1) is 6.10 Å². The van der Waals surface area contributed by atoms with Gasteiger partial charge in [0.15, 0.2) is 0 Å². The molecule has 1 aliphatic carbocycles. The fraction of sp³-hybridized carbons (Fsp3) is 0.786. The number of aliphatic hydroxyl groups excluding tert-OH is 1. The zero-order valence-corrected chi connectivity index (χ0v) is 11.2. The number of hydrogen-bond acceptors (Lipinski definition) is 2. The van der Waals surface area contributed by atoms with Gasteiger partial charge in [-0.1, -0.05) is 26.8 Å². The van der Waals surface area contributed by atoms with Gasteiger partial charge in [0.2, 0.25) is 0 Å². The van der Waals surface area contributed by atoms with Crippen molar-refractivity contribution in [3.8, 4) is 0 Å². The Labute approximate surface area is 104 Å². The van der Waals surface area contributed by atoms with E-state index in [2.05, 4.69) is 20.8 Å². The van der Waals surface area contributed by atoms with Gasteiger partial charge >= 0.3 is 5.97 Å². The summed E-state index contributed by atoms with van der Waals surface area (Å²) in [5.74, 6) is -0.368. The molecule has 3 atom stereocenters. The van der Waals surface area contributed by atoms with Gasteiger partial charge < -0.3 is 10.2 Å². The Morgan fingerprint density at radius 3 is 2.29 bits per heavy atom. The summed E-state index contributed by atoms with van der Waals surface area (Å²) in [6.07, 6.45) is 4.04. The molecule has 98 valence electrons. The van der Waals surface area contributed by atoms with Crippen LogP contribution in [0.25, 0.3) is 0 Å². The van der Waals surface area contributed by atoms with Crippen LogP contribution in [0, 0.1) is 17.3 Å². The summed E-state index contributed by atoms with van der Waals surface area (Å²) in [6.45, 7) is 8.18. The fourth-order valence-corrected chi connectivity index (χ4v) is 2.54. The predicted molar refractivity (Wildman–Crippen MR) is 67.7 cm³/mol. The molecule has 0 bridgehead atoms. The molecule has 0 heterocycles. The minimum atomic E-state index is -0.893. The van der Waals surface area contributed by atoms with Crippen molar-refractivity contribution in [1.29, 1.82) is 0 Å². The van der Waals surface area contributed by atoms with Gasteiger partial charge in [0.25, 0.3) is 0 Å². The van der Waals surface area contributed by atoms with Crippen LogP contribution in [0.3, 0.4) is 0 Å². The molecule has 1 fully saturated rings. The maximum Gasteiger partial charge on any atom is 0.330 e. The summed E-state index contributed by atoms with van der Waals surface area (Å²) in [5.41, 5.74) is 0.556. The molecule has 3 unspecified atom stereocenters. The highest BCUT2D eigenvalue weighted by Gasteiger charge is 2.34. The van der Waals surface area contributed by atoms with Gasteiger partial charge in [0.1, 0.15) is 0 Å². The molecular formula is C14H24O3. The zero-order chi connectivity index (χ0) is 13.2. The van der Waals surface area contributed by atoms with E-state index in [0.29, 0.717) is 11.5 Å². The Morgan fingerprint density at radius 2 is 1.88 bits per heavy atom. The largest absolute Gasteiger partial charge is 0.478 e. The van der Waals surface area contributed by atoms with Crippen LogP contribution in [0.1, 0.15) is 47.0 Å². The van der Waals surface area contributed by atoms with Crippen molar-refractivity contribution in [3.05, 3.63) is 11.6 Å². The van der Waals surface area contributed by atoms with Crippen molar-refractivity contribution in [2.45, 2.75) is 53.1 Å². The number of aliphatic carboxylic acids is 1. The number of aliphatic hydroxyl groups is 1. The molecule has 17 heavy (non-hydrogen) atoms. The summed E-state index contributed by atoms with van der Waals surface area (Å²) >= 11 is 0. The van der Waals surface area contributed by atoms with Crippen LogP contribution in [0.5, 0.6) is 0 Å². The fourth-order valence-electron chi connectivity index (χ4n) is 2.54. The molecule has 0 saturated heterocycles. The number of carboxylic acid groups (broad SMARTS) is 1. The van der Waals surface area contributed by atoms with Crippen LogP contribution in [0.15, 0.2) is 11.6 Å². The van der Waals surface area contributed by atoms with Crippen LogP contribution in [-0.4, -0.2) is 22.3 Å². The van der Waals surface area contributed by atoms with E-state index in [9.17, 15) is 9.90 Å². The van der Waals surface area contributed by atoms with Crippen molar-refractivity contribution in [2.24, 2.45) is 17.3 Å². The van der Waals surface area contributed by atoms with E-state index in [1.165, 1.54) is 0 Å². The molecule has 2 N–H and O–H groups in total. The predicted octanol–water partition coefficient (Wildman–Crippen LogP) is 2.84. The smallest absolute Gasteiger partial charge is 0.330 e. The van der Waals surface area contributed by atoms with Crippen molar-refractivity contribution in [1.82, 2.24) is 0 Å². The summed E-state index contributed by atoms with van der Waals surface area (Å²) in [6, 6.07) is 0. The molecule has 1 aliphatic rings. The molecule has 1 rings (SSSR count). The maximum atomic E-state index is 10.8. The average molecular weight is 240 g/mol. The van der Waals surface area contributed by atoms with Crippen LogP contribution in [0.4, 0.5) is 0 Å². The first-order valence-corrected chi connectivity index (χ1v) is 6.31. The van der Waals surface area contributed by atoms with Crippen LogP contribution in [0.2, 0.25) is 0 Å². The quantitative estimate of drug-likeness (QED) is 0.730. The molecule has 0 radical (unpaired) electrons. The molecule has 0 amide bonds. The second-order valence-corrected chi connectivity index (χ2v) is 6.26. The van der Waals surface area contributed by atoms with E-state index in [4.69, 9.17) is 5.11 Å². The van der Waals surface area contributed by atoms with Crippen molar-refractivity contribution in [2.75, 3.05) is 0 Å². The molecule has 0 aromatic rings. The third-order valence-corrected chi connectivity index (χ3v) is 3.89. The highest BCUT2D eigenvalue weighted by Crippen LogP contribution is 2.40.